The number of hydrogen-bond donors (Lipinski definition) is 1. The van der Waals surface area contributed by atoms with Crippen molar-refractivity contribution in [3.63, 3.8) is 0 Å². The number of amides is 1. The molecule has 0 aromatic heterocycles. The van der Waals surface area contributed by atoms with Gasteiger partial charge in [-0.15, -0.1) is 0 Å². The molecule has 0 saturated carbocycles. The molecule has 0 atom stereocenters. The lowest BCUT2D eigenvalue weighted by molar-refractivity contribution is -0.121. The lowest BCUT2D eigenvalue weighted by atomic mass is 10.1. The molecule has 20 heavy (non-hydrogen) atoms. The highest BCUT2D eigenvalue weighted by molar-refractivity contribution is 5.75. The van der Waals surface area contributed by atoms with Crippen molar-refractivity contribution < 1.29 is 4.79 Å². The maximum Gasteiger partial charge on any atom is 0.219 e. The summed E-state index contributed by atoms with van der Waals surface area (Å²) in [5, 5.41) is 3.00. The lowest BCUT2D eigenvalue weighted by Crippen LogP contribution is -2.23. The Hall–Kier alpha value is -0.530. The molecule has 2 nitrogen and oxygen atoms in total. The summed E-state index contributed by atoms with van der Waals surface area (Å²) < 4.78 is 0. The van der Waals surface area contributed by atoms with Gasteiger partial charge in [-0.2, -0.15) is 0 Å². The van der Waals surface area contributed by atoms with Crippen LogP contribution in [0, 0.1) is 0 Å². The summed E-state index contributed by atoms with van der Waals surface area (Å²) >= 11 is 0. The van der Waals surface area contributed by atoms with Crippen LogP contribution in [0.1, 0.15) is 106 Å². The largest absolute Gasteiger partial charge is 0.356 e. The number of carbonyl (C=O) groups is 1. The maximum atomic E-state index is 11.4. The fraction of sp³-hybridized carbons (Fsp3) is 0.944. The molecule has 2 heteroatoms. The molecule has 0 radical (unpaired) electrons. The Morgan fingerprint density at radius 3 is 1.65 bits per heavy atom. The van der Waals surface area contributed by atoms with Crippen LogP contribution in [0.25, 0.3) is 0 Å². The van der Waals surface area contributed by atoms with Gasteiger partial charge in [0.25, 0.3) is 0 Å². The van der Waals surface area contributed by atoms with Gasteiger partial charge in [0.2, 0.25) is 5.91 Å². The second-order valence-corrected chi connectivity index (χ2v) is 4.57. The van der Waals surface area contributed by atoms with Gasteiger partial charge in [0.1, 0.15) is 0 Å². The molecule has 124 valence electrons. The third-order valence-electron chi connectivity index (χ3n) is 2.86. The van der Waals surface area contributed by atoms with Gasteiger partial charge in [-0.05, 0) is 12.8 Å². The van der Waals surface area contributed by atoms with Crippen molar-refractivity contribution in [3.8, 4) is 0 Å². The summed E-state index contributed by atoms with van der Waals surface area (Å²) in [6, 6.07) is 0. The van der Waals surface area contributed by atoms with Gasteiger partial charge >= 0.3 is 0 Å². The van der Waals surface area contributed by atoms with Crippen LogP contribution in [0.5, 0.6) is 0 Å². The highest BCUT2D eigenvalue weighted by Gasteiger charge is 1.99. The third kappa shape index (κ3) is 26.1. The normalized spacial score (nSPS) is 8.90. The van der Waals surface area contributed by atoms with E-state index >= 15 is 0 Å². The van der Waals surface area contributed by atoms with Crippen LogP contribution in [0.4, 0.5) is 0 Å². The molecule has 0 fully saturated rings. The van der Waals surface area contributed by atoms with E-state index in [0.29, 0.717) is 0 Å². The average Bonchev–Trinajstić information content (AvgIpc) is 2.51. The molecule has 0 aliphatic carbocycles. The van der Waals surface area contributed by atoms with E-state index < -0.39 is 0 Å². The molecular formula is C18H41NO. The molecule has 0 saturated heterocycles. The fourth-order valence-electron chi connectivity index (χ4n) is 1.76. The van der Waals surface area contributed by atoms with Crippen LogP contribution >= 0.6 is 0 Å². The van der Waals surface area contributed by atoms with Gasteiger partial charge in [0.15, 0.2) is 0 Å². The Balaban J connectivity index is -0.000000656. The zero-order valence-corrected chi connectivity index (χ0v) is 15.2. The number of carbonyl (C=O) groups excluding carboxylic acids is 1. The number of nitrogens with one attached hydrogen (secondary N) is 1. The van der Waals surface area contributed by atoms with Crippen LogP contribution in [0.15, 0.2) is 0 Å². The van der Waals surface area contributed by atoms with Gasteiger partial charge < -0.3 is 5.32 Å². The Bertz CT molecular complexity index is 157. The summed E-state index contributed by atoms with van der Waals surface area (Å²) in [6.07, 6.45) is 11.8. The molecular weight excluding hydrogens is 246 g/mol. The van der Waals surface area contributed by atoms with Gasteiger partial charge in [-0.1, -0.05) is 86.5 Å². The first-order valence-corrected chi connectivity index (χ1v) is 9.08. The molecule has 0 aromatic carbocycles. The first kappa shape index (κ1) is 24.5. The van der Waals surface area contributed by atoms with Crippen LogP contribution in [0.3, 0.4) is 0 Å². The molecule has 0 unspecified atom stereocenters. The summed E-state index contributed by atoms with van der Waals surface area (Å²) in [5.41, 5.74) is 0. The highest BCUT2D eigenvalue weighted by Crippen LogP contribution is 2.03. The van der Waals surface area contributed by atoms with E-state index in [1.165, 1.54) is 44.9 Å². The zero-order chi connectivity index (χ0) is 16.1. The topological polar surface area (TPSA) is 29.1 Å². The van der Waals surface area contributed by atoms with Crippen LogP contribution in [-0.4, -0.2) is 12.5 Å². The van der Waals surface area contributed by atoms with Crippen molar-refractivity contribution in [2.45, 2.75) is 106 Å². The molecule has 1 amide bonds. The molecule has 0 aliphatic heterocycles. The van der Waals surface area contributed by atoms with Gasteiger partial charge in [-0.3, -0.25) is 4.79 Å². The Morgan fingerprint density at radius 2 is 1.15 bits per heavy atom. The van der Waals surface area contributed by atoms with Crippen molar-refractivity contribution in [3.05, 3.63) is 0 Å². The van der Waals surface area contributed by atoms with E-state index in [1.807, 2.05) is 27.7 Å². The van der Waals surface area contributed by atoms with Gasteiger partial charge in [0.05, 0.1) is 0 Å². The Labute approximate surface area is 129 Å². The summed E-state index contributed by atoms with van der Waals surface area (Å²) in [5.74, 6) is 0.242. The second-order valence-electron chi connectivity index (χ2n) is 4.57. The maximum absolute atomic E-state index is 11.4. The van der Waals surface area contributed by atoms with E-state index in [2.05, 4.69) is 19.2 Å². The number of unbranched alkanes of at least 4 members (excludes halogenated alkanes) is 7. The predicted molar refractivity (Wildman–Crippen MR) is 93.2 cm³/mol. The zero-order valence-electron chi connectivity index (χ0n) is 15.2. The molecule has 0 heterocycles. The SMILES string of the molecule is CC.CC.CCCCCCCNC(=O)CCCCCC. The van der Waals surface area contributed by atoms with Gasteiger partial charge in [0, 0.05) is 13.0 Å². The second kappa shape index (κ2) is 26.9. The van der Waals surface area contributed by atoms with Crippen LogP contribution in [-0.2, 0) is 4.79 Å². The highest BCUT2D eigenvalue weighted by atomic mass is 16.1. The van der Waals surface area contributed by atoms with Crippen molar-refractivity contribution >= 4 is 5.91 Å². The predicted octanol–water partition coefficient (Wildman–Crippen LogP) is 6.10. The van der Waals surface area contributed by atoms with Crippen LogP contribution in [0.2, 0.25) is 0 Å². The fourth-order valence-corrected chi connectivity index (χ4v) is 1.76. The molecule has 0 bridgehead atoms. The van der Waals surface area contributed by atoms with Crippen LogP contribution < -0.4 is 5.32 Å². The van der Waals surface area contributed by atoms with E-state index in [4.69, 9.17) is 0 Å². The quantitative estimate of drug-likeness (QED) is 0.457. The minimum absolute atomic E-state index is 0.242. The summed E-state index contributed by atoms with van der Waals surface area (Å²) in [4.78, 5) is 11.4. The van der Waals surface area contributed by atoms with Crippen molar-refractivity contribution in [1.82, 2.24) is 5.32 Å². The lowest BCUT2D eigenvalue weighted by Gasteiger charge is -2.04. The van der Waals surface area contributed by atoms with E-state index in [1.54, 1.807) is 0 Å². The van der Waals surface area contributed by atoms with Crippen molar-refractivity contribution in [2.75, 3.05) is 6.54 Å². The molecule has 0 aromatic rings. The van der Waals surface area contributed by atoms with Gasteiger partial charge in [-0.25, -0.2) is 0 Å². The monoisotopic (exact) mass is 287 g/mol. The number of hydrogen-bond acceptors (Lipinski definition) is 1. The van der Waals surface area contributed by atoms with Crippen molar-refractivity contribution in [1.29, 1.82) is 0 Å². The average molecular weight is 288 g/mol. The van der Waals surface area contributed by atoms with E-state index in [9.17, 15) is 4.79 Å². The Morgan fingerprint density at radius 1 is 0.700 bits per heavy atom. The molecule has 0 rings (SSSR count). The van der Waals surface area contributed by atoms with E-state index in [-0.39, 0.29) is 5.91 Å². The third-order valence-corrected chi connectivity index (χ3v) is 2.86. The number of rotatable bonds is 11. The first-order valence-electron chi connectivity index (χ1n) is 9.08. The Kier molecular flexibility index (Phi) is 33.0. The smallest absolute Gasteiger partial charge is 0.219 e. The molecule has 1 N–H and O–H groups in total. The molecule has 0 spiro atoms. The summed E-state index contributed by atoms with van der Waals surface area (Å²) in [7, 11) is 0. The van der Waals surface area contributed by atoms with E-state index in [0.717, 1.165) is 25.8 Å². The minimum Gasteiger partial charge on any atom is -0.356 e. The minimum atomic E-state index is 0.242. The first-order chi connectivity index (χ1) is 9.81. The standard InChI is InChI=1S/C14H29NO.2C2H6/c1-3-5-7-9-11-13-15-14(16)12-10-8-6-4-2;2*1-2/h3-13H2,1-2H3,(H,15,16);2*1-2H3. The van der Waals surface area contributed by atoms with Crippen molar-refractivity contribution in [2.24, 2.45) is 0 Å². The summed E-state index contributed by atoms with van der Waals surface area (Å²) in [6.45, 7) is 13.3. The molecule has 0 aliphatic rings.